The molecule has 5 nitrogen and oxygen atoms in total. The van der Waals surface area contributed by atoms with Gasteiger partial charge in [-0.3, -0.25) is 0 Å². The van der Waals surface area contributed by atoms with Gasteiger partial charge in [-0.05, 0) is 36.0 Å². The summed E-state index contributed by atoms with van der Waals surface area (Å²) in [5.74, 6) is -1.43. The number of halogens is 4. The standard InChI is InChI=1S/C18H15P.C10H8BrF3O5S/c1-4-10-16(11-5-1)19(17-12-6-2-7-13-17)18-14-8-3-9-15-18;1-18-9(15)6-2-3-7(5-11)8(4-6)19-20(16,17)10(12,13)14/h1-15H;2-4H,5H2,1H3. The number of benzene rings is 4. The Morgan fingerprint density at radius 3 is 1.59 bits per heavy atom. The molecule has 0 amide bonds. The first-order valence-corrected chi connectivity index (χ1v) is 15.2. The van der Waals surface area contributed by atoms with Crippen LogP contribution in [0.25, 0.3) is 0 Å². The number of ether oxygens (including phenoxy) is 1. The fraction of sp³-hybridized carbons (Fsp3) is 0.107. The molecule has 0 aliphatic rings. The predicted molar refractivity (Wildman–Crippen MR) is 151 cm³/mol. The lowest BCUT2D eigenvalue weighted by Crippen LogP contribution is -2.28. The zero-order valence-electron chi connectivity index (χ0n) is 20.5. The van der Waals surface area contributed by atoms with Crippen molar-refractivity contribution in [2.24, 2.45) is 0 Å². The Morgan fingerprint density at radius 2 is 1.23 bits per heavy atom. The monoisotopic (exact) mass is 638 g/mol. The largest absolute Gasteiger partial charge is 0.534 e. The van der Waals surface area contributed by atoms with E-state index in [0.29, 0.717) is 0 Å². The molecule has 4 aromatic rings. The van der Waals surface area contributed by atoms with Crippen LogP contribution in [-0.2, 0) is 20.2 Å². The van der Waals surface area contributed by atoms with E-state index < -0.39 is 35.3 Å². The molecule has 0 aromatic heterocycles. The van der Waals surface area contributed by atoms with E-state index in [4.69, 9.17) is 0 Å². The molecule has 0 bridgehead atoms. The number of alkyl halides is 4. The van der Waals surface area contributed by atoms with Crippen molar-refractivity contribution in [3.8, 4) is 5.75 Å². The van der Waals surface area contributed by atoms with E-state index in [1.807, 2.05) is 0 Å². The molecule has 0 heterocycles. The van der Waals surface area contributed by atoms with Gasteiger partial charge in [-0.1, -0.05) is 113 Å². The van der Waals surface area contributed by atoms with Crippen LogP contribution in [-0.4, -0.2) is 27.0 Å². The summed E-state index contributed by atoms with van der Waals surface area (Å²) in [4.78, 5) is 11.3. The minimum atomic E-state index is -5.81. The van der Waals surface area contributed by atoms with Gasteiger partial charge in [0.1, 0.15) is 5.75 Å². The van der Waals surface area contributed by atoms with Crippen LogP contribution in [0, 0.1) is 0 Å². The molecule has 0 saturated heterocycles. The van der Waals surface area contributed by atoms with Crippen molar-refractivity contribution in [2.45, 2.75) is 10.8 Å². The first-order valence-electron chi connectivity index (χ1n) is 11.3. The topological polar surface area (TPSA) is 69.7 Å². The third kappa shape index (κ3) is 8.14. The van der Waals surface area contributed by atoms with Crippen molar-refractivity contribution in [3.05, 3.63) is 120 Å². The highest BCUT2D eigenvalue weighted by molar-refractivity contribution is 9.08. The molecule has 39 heavy (non-hydrogen) atoms. The van der Waals surface area contributed by atoms with Crippen molar-refractivity contribution >= 4 is 55.9 Å². The molecule has 0 fully saturated rings. The average Bonchev–Trinajstić information content (AvgIpc) is 2.94. The van der Waals surface area contributed by atoms with Crippen LogP contribution < -0.4 is 20.1 Å². The van der Waals surface area contributed by atoms with E-state index in [0.717, 1.165) is 13.2 Å². The van der Waals surface area contributed by atoms with Crippen molar-refractivity contribution < 1.29 is 35.3 Å². The summed E-state index contributed by atoms with van der Waals surface area (Å²) in [5.41, 5.74) is -5.56. The Bertz CT molecular complexity index is 1380. The Labute approximate surface area is 234 Å². The highest BCUT2D eigenvalue weighted by atomic mass is 79.9. The number of carbonyl (C=O) groups is 1. The molecular weight excluding hydrogens is 616 g/mol. The summed E-state index contributed by atoms with van der Waals surface area (Å²) >= 11 is 2.97. The second-order valence-electron chi connectivity index (χ2n) is 7.77. The number of hydrogen-bond donors (Lipinski definition) is 0. The molecule has 0 aliphatic heterocycles. The van der Waals surface area contributed by atoms with E-state index in [1.54, 1.807) is 0 Å². The summed E-state index contributed by atoms with van der Waals surface area (Å²) in [6.07, 6.45) is 0. The van der Waals surface area contributed by atoms with Crippen LogP contribution in [0.15, 0.2) is 109 Å². The molecule has 0 N–H and O–H groups in total. The van der Waals surface area contributed by atoms with E-state index in [1.165, 1.54) is 28.0 Å². The lowest BCUT2D eigenvalue weighted by atomic mass is 10.1. The van der Waals surface area contributed by atoms with Crippen molar-refractivity contribution in [2.75, 3.05) is 7.11 Å². The molecule has 0 unspecified atom stereocenters. The van der Waals surface area contributed by atoms with Crippen LogP contribution in [0.2, 0.25) is 0 Å². The second kappa shape index (κ2) is 13.7. The number of rotatable bonds is 7. The highest BCUT2D eigenvalue weighted by Gasteiger charge is 2.48. The Hall–Kier alpha value is -3.20. The van der Waals surface area contributed by atoms with Gasteiger partial charge in [-0.15, -0.1) is 0 Å². The third-order valence-corrected chi connectivity index (χ3v) is 9.17. The lowest BCUT2D eigenvalue weighted by Gasteiger charge is -2.18. The van der Waals surface area contributed by atoms with Crippen LogP contribution in [0.4, 0.5) is 13.2 Å². The maximum absolute atomic E-state index is 12.3. The Morgan fingerprint density at radius 1 is 0.795 bits per heavy atom. The Kier molecular flexibility index (Phi) is 10.7. The SMILES string of the molecule is COC(=O)c1ccc(CBr)c(OS(=O)(=O)C(F)(F)F)c1.c1ccc(P(c2ccccc2)c2ccccc2)cc1. The molecule has 11 heteroatoms. The van der Waals surface area contributed by atoms with Gasteiger partial charge in [-0.25, -0.2) is 4.79 Å². The van der Waals surface area contributed by atoms with Gasteiger partial charge in [0.25, 0.3) is 0 Å². The highest BCUT2D eigenvalue weighted by Crippen LogP contribution is 2.32. The number of carbonyl (C=O) groups excluding carboxylic acids is 1. The van der Waals surface area contributed by atoms with Gasteiger partial charge in [0.15, 0.2) is 0 Å². The normalized spacial score (nSPS) is 11.3. The molecule has 0 radical (unpaired) electrons. The lowest BCUT2D eigenvalue weighted by molar-refractivity contribution is -0.0500. The third-order valence-electron chi connectivity index (χ3n) is 5.16. The molecular formula is C28H23BrF3O5PS. The van der Waals surface area contributed by atoms with Gasteiger partial charge >= 0.3 is 21.6 Å². The zero-order chi connectivity index (χ0) is 28.5. The van der Waals surface area contributed by atoms with Crippen molar-refractivity contribution in [3.63, 3.8) is 0 Å². The summed E-state index contributed by atoms with van der Waals surface area (Å²) in [5, 5.41) is 4.23. The average molecular weight is 639 g/mol. The maximum Gasteiger partial charge on any atom is 0.534 e. The molecule has 4 aromatic carbocycles. The van der Waals surface area contributed by atoms with Crippen LogP contribution in [0.5, 0.6) is 5.75 Å². The molecule has 0 saturated carbocycles. The van der Waals surface area contributed by atoms with Crippen molar-refractivity contribution in [1.29, 1.82) is 0 Å². The summed E-state index contributed by atoms with van der Waals surface area (Å²) < 4.78 is 67.1. The minimum Gasteiger partial charge on any atom is -0.465 e. The van der Waals surface area contributed by atoms with Gasteiger partial charge < -0.3 is 8.92 Å². The predicted octanol–water partition coefficient (Wildman–Crippen LogP) is 6.04. The quantitative estimate of drug-likeness (QED) is 0.0812. The first-order chi connectivity index (χ1) is 18.6. The smallest absolute Gasteiger partial charge is 0.465 e. The fourth-order valence-electron chi connectivity index (χ4n) is 3.33. The number of hydrogen-bond acceptors (Lipinski definition) is 5. The molecule has 0 spiro atoms. The second-order valence-corrected chi connectivity index (χ2v) is 12.1. The van der Waals surface area contributed by atoms with Crippen LogP contribution >= 0.6 is 23.9 Å². The van der Waals surface area contributed by atoms with Crippen LogP contribution in [0.1, 0.15) is 15.9 Å². The summed E-state index contributed by atoms with van der Waals surface area (Å²) in [6.45, 7) is 0. The zero-order valence-corrected chi connectivity index (χ0v) is 23.8. The van der Waals surface area contributed by atoms with Gasteiger partial charge in [0, 0.05) is 10.9 Å². The van der Waals surface area contributed by atoms with Gasteiger partial charge in [-0.2, -0.15) is 21.6 Å². The minimum absolute atomic E-state index is 0.0389. The summed E-state index contributed by atoms with van der Waals surface area (Å²) in [7, 11) is -5.17. The van der Waals surface area contributed by atoms with E-state index in [9.17, 15) is 26.4 Å². The molecule has 204 valence electrons. The number of esters is 1. The van der Waals surface area contributed by atoms with E-state index in [2.05, 4.69) is 116 Å². The van der Waals surface area contributed by atoms with Gasteiger partial charge in [0.05, 0.1) is 12.7 Å². The summed E-state index contributed by atoms with van der Waals surface area (Å²) in [6, 6.07) is 35.7. The van der Waals surface area contributed by atoms with Crippen LogP contribution in [0.3, 0.4) is 0 Å². The molecule has 0 atom stereocenters. The molecule has 0 aliphatic carbocycles. The Balaban J connectivity index is 0.000000216. The van der Waals surface area contributed by atoms with E-state index in [-0.39, 0.29) is 16.5 Å². The maximum atomic E-state index is 12.3. The van der Waals surface area contributed by atoms with Crippen molar-refractivity contribution in [1.82, 2.24) is 0 Å². The van der Waals surface area contributed by atoms with E-state index >= 15 is 0 Å². The molecule has 4 rings (SSSR count). The fourth-order valence-corrected chi connectivity index (χ4v) is 6.59. The van der Waals surface area contributed by atoms with Gasteiger partial charge in [0.2, 0.25) is 0 Å². The first kappa shape index (κ1) is 30.3. The number of methoxy groups -OCH3 is 1.